The van der Waals surface area contributed by atoms with E-state index in [0.29, 0.717) is 6.54 Å². The average Bonchev–Trinajstić information content (AvgIpc) is 1.84. The summed E-state index contributed by atoms with van der Waals surface area (Å²) in [6.45, 7) is 6.12. The Hall–Kier alpha value is 1.21. The van der Waals surface area contributed by atoms with E-state index in [-0.39, 0.29) is 54.1 Å². The van der Waals surface area contributed by atoms with Gasteiger partial charge in [0.15, 0.2) is 0 Å². The molecule has 13 heavy (non-hydrogen) atoms. The molecule has 81 valence electrons. The Labute approximate surface area is 108 Å². The van der Waals surface area contributed by atoms with Crippen molar-refractivity contribution in [3.8, 4) is 0 Å². The second-order valence-electron chi connectivity index (χ2n) is 1.89. The van der Waals surface area contributed by atoms with Crippen LogP contribution >= 0.6 is 7.67 Å². The van der Waals surface area contributed by atoms with Crippen LogP contribution in [0.1, 0.15) is 28.2 Å². The fraction of sp³-hybridized carbons (Fsp3) is 0.857. The van der Waals surface area contributed by atoms with Gasteiger partial charge in [-0.1, -0.05) is 21.8 Å². The number of hydrogen-bond donors (Lipinski definition) is 3. The van der Waals surface area contributed by atoms with Crippen molar-refractivity contribution in [2.75, 3.05) is 13.1 Å². The van der Waals surface area contributed by atoms with E-state index in [1.54, 1.807) is 0 Å². The van der Waals surface area contributed by atoms with Crippen LogP contribution in [0.4, 0.5) is 0 Å². The minimum atomic E-state index is -3.27. The maximum Gasteiger partial charge on any atom is 0.335 e. The first-order chi connectivity index (χ1) is 4.62. The molecule has 0 aromatic rings. The Kier molecular flexibility index (Phi) is 24.2. The van der Waals surface area contributed by atoms with Crippen LogP contribution in [-0.2, 0) is 37.3 Å². The molecule has 0 aliphatic carbocycles. The summed E-state index contributed by atoms with van der Waals surface area (Å²) in [5, 5.41) is 4.82. The van der Waals surface area contributed by atoms with Gasteiger partial charge in [-0.3, -0.25) is 9.65 Å². The molecular formula is C7H22N2O2PY-. The summed E-state index contributed by atoms with van der Waals surface area (Å²) in [5.41, 5.74) is 0. The van der Waals surface area contributed by atoms with Crippen LogP contribution in [0.25, 0.3) is 0 Å². The molecule has 0 heterocycles. The van der Waals surface area contributed by atoms with E-state index in [1.165, 1.54) is 0 Å². The standard InChI is InChI=1S/C5H14N2O2P.2CH4.Y/c1-3-5-7-10(8,9)6-4-2;;;/h2-5H2,1H3,(H3,6,7,8,9);2*1H4;/q-1;;;. The molecule has 0 saturated heterocycles. The quantitative estimate of drug-likeness (QED) is 0.532. The molecule has 6 heteroatoms. The molecular weight excluding hydrogens is 264 g/mol. The van der Waals surface area contributed by atoms with E-state index >= 15 is 0 Å². The zero-order chi connectivity index (χ0) is 8.04. The Morgan fingerprint density at radius 2 is 1.85 bits per heavy atom. The Bertz CT molecular complexity index is 136. The second-order valence-corrected chi connectivity index (χ2v) is 3.68. The van der Waals surface area contributed by atoms with Crippen LogP contribution < -0.4 is 10.2 Å². The topological polar surface area (TPSA) is 61.4 Å². The smallest absolute Gasteiger partial charge is 0.329 e. The summed E-state index contributed by atoms with van der Waals surface area (Å²) in [6, 6.07) is 0. The van der Waals surface area contributed by atoms with Crippen molar-refractivity contribution in [2.24, 2.45) is 0 Å². The van der Waals surface area contributed by atoms with E-state index in [1.807, 2.05) is 6.92 Å². The normalized spacial score (nSPS) is 12.8. The summed E-state index contributed by atoms with van der Waals surface area (Å²) in [6.07, 6.45) is 0.837. The predicted molar refractivity (Wildman–Crippen MR) is 54.9 cm³/mol. The summed E-state index contributed by atoms with van der Waals surface area (Å²) in [4.78, 5) is 8.94. The molecule has 0 aliphatic rings. The van der Waals surface area contributed by atoms with Crippen LogP contribution in [0.5, 0.6) is 0 Å². The first kappa shape index (κ1) is 23.8. The zero-order valence-electron chi connectivity index (χ0n) is 6.71. The Morgan fingerprint density at radius 1 is 1.38 bits per heavy atom. The van der Waals surface area contributed by atoms with Crippen molar-refractivity contribution < 1.29 is 42.2 Å². The van der Waals surface area contributed by atoms with E-state index in [2.05, 4.69) is 17.1 Å². The minimum Gasteiger partial charge on any atom is -0.329 e. The molecule has 0 spiro atoms. The third kappa shape index (κ3) is 15.9. The Morgan fingerprint density at radius 3 is 2.15 bits per heavy atom. The largest absolute Gasteiger partial charge is 0.335 e. The molecule has 0 aromatic heterocycles. The average molecular weight is 286 g/mol. The maximum atomic E-state index is 10.9. The van der Waals surface area contributed by atoms with Gasteiger partial charge in [-0.25, -0.2) is 5.09 Å². The van der Waals surface area contributed by atoms with Crippen LogP contribution in [0.2, 0.25) is 0 Å². The van der Waals surface area contributed by atoms with Crippen molar-refractivity contribution in [3.05, 3.63) is 6.92 Å². The number of hydrogen-bond acceptors (Lipinski definition) is 1. The summed E-state index contributed by atoms with van der Waals surface area (Å²) < 4.78 is 10.9. The SMILES string of the molecule is C.C.[CH2-]CNP(=O)(O)NCCC.[Y]. The number of nitrogens with one attached hydrogen (secondary N) is 2. The van der Waals surface area contributed by atoms with Gasteiger partial charge in [0, 0.05) is 39.3 Å². The van der Waals surface area contributed by atoms with Gasteiger partial charge < -0.3 is 11.8 Å². The van der Waals surface area contributed by atoms with Gasteiger partial charge >= 0.3 is 7.67 Å². The van der Waals surface area contributed by atoms with Crippen molar-refractivity contribution in [1.82, 2.24) is 10.2 Å². The first-order valence-electron chi connectivity index (χ1n) is 3.24. The zero-order valence-corrected chi connectivity index (χ0v) is 10.4. The van der Waals surface area contributed by atoms with Gasteiger partial charge in [0.1, 0.15) is 0 Å². The third-order valence-corrected chi connectivity index (χ3v) is 2.21. The molecule has 0 aliphatic heterocycles. The van der Waals surface area contributed by atoms with Gasteiger partial charge in [-0.15, -0.1) is 6.54 Å². The molecule has 0 bridgehead atoms. The molecule has 0 saturated carbocycles. The molecule has 3 N–H and O–H groups in total. The van der Waals surface area contributed by atoms with Crippen molar-refractivity contribution >= 4 is 7.67 Å². The van der Waals surface area contributed by atoms with E-state index in [9.17, 15) is 4.57 Å². The Balaban J connectivity index is -0.000000135. The monoisotopic (exact) mass is 286 g/mol. The van der Waals surface area contributed by atoms with Gasteiger partial charge in [0.05, 0.1) is 0 Å². The van der Waals surface area contributed by atoms with Crippen LogP contribution in [0, 0.1) is 6.92 Å². The molecule has 0 fully saturated rings. The van der Waals surface area contributed by atoms with Crippen molar-refractivity contribution in [1.29, 1.82) is 0 Å². The maximum absolute atomic E-state index is 10.9. The van der Waals surface area contributed by atoms with Crippen molar-refractivity contribution in [2.45, 2.75) is 28.2 Å². The number of rotatable bonds is 5. The third-order valence-electron chi connectivity index (χ3n) is 0.902. The van der Waals surface area contributed by atoms with E-state index in [0.717, 1.165) is 6.42 Å². The fourth-order valence-corrected chi connectivity index (χ4v) is 1.41. The van der Waals surface area contributed by atoms with Crippen molar-refractivity contribution in [3.63, 3.8) is 0 Å². The van der Waals surface area contributed by atoms with Crippen LogP contribution in [0.15, 0.2) is 0 Å². The summed E-state index contributed by atoms with van der Waals surface area (Å²) >= 11 is 0. The predicted octanol–water partition coefficient (Wildman–Crippen LogP) is 1.78. The van der Waals surface area contributed by atoms with E-state index < -0.39 is 7.67 Å². The molecule has 4 nitrogen and oxygen atoms in total. The summed E-state index contributed by atoms with van der Waals surface area (Å²) in [5.74, 6) is 0. The molecule has 0 aromatic carbocycles. The minimum absolute atomic E-state index is 0. The van der Waals surface area contributed by atoms with Crippen LogP contribution in [0.3, 0.4) is 0 Å². The van der Waals surface area contributed by atoms with Gasteiger partial charge in [0.25, 0.3) is 0 Å². The molecule has 1 unspecified atom stereocenters. The van der Waals surface area contributed by atoms with Gasteiger partial charge in [-0.2, -0.15) is 0 Å². The first-order valence-corrected chi connectivity index (χ1v) is 4.90. The van der Waals surface area contributed by atoms with Gasteiger partial charge in [-0.05, 0) is 6.42 Å². The molecule has 1 atom stereocenters. The molecule has 1 radical (unpaired) electrons. The molecule has 0 amide bonds. The van der Waals surface area contributed by atoms with Gasteiger partial charge in [0.2, 0.25) is 0 Å². The summed E-state index contributed by atoms with van der Waals surface area (Å²) in [7, 11) is -3.27. The van der Waals surface area contributed by atoms with E-state index in [4.69, 9.17) is 4.89 Å². The molecule has 0 rings (SSSR count). The van der Waals surface area contributed by atoms with Crippen LogP contribution in [-0.4, -0.2) is 18.0 Å². The fourth-order valence-electron chi connectivity index (χ4n) is 0.471. The second kappa shape index (κ2) is 13.2.